The highest BCUT2D eigenvalue weighted by Crippen LogP contribution is 2.40. The van der Waals surface area contributed by atoms with Gasteiger partial charge in [-0.1, -0.05) is 51.9 Å². The molecule has 0 fully saturated rings. The highest BCUT2D eigenvalue weighted by molar-refractivity contribution is 7.10. The van der Waals surface area contributed by atoms with Crippen LogP contribution < -0.4 is 9.47 Å². The van der Waals surface area contributed by atoms with E-state index in [0.29, 0.717) is 13.2 Å². The Hall–Kier alpha value is -0.700. The first-order valence-electron chi connectivity index (χ1n) is 7.77. The molecule has 0 aromatic carbocycles. The quantitative estimate of drug-likeness (QED) is 0.579. The Morgan fingerprint density at radius 1 is 0.947 bits per heavy atom. The van der Waals surface area contributed by atoms with Crippen molar-refractivity contribution in [3.05, 3.63) is 10.3 Å². The second kappa shape index (κ2) is 8.47. The van der Waals surface area contributed by atoms with Gasteiger partial charge < -0.3 is 9.47 Å². The molecule has 1 aromatic heterocycles. The van der Waals surface area contributed by atoms with Crippen LogP contribution >= 0.6 is 11.3 Å². The zero-order valence-corrected chi connectivity index (χ0v) is 12.9. The summed E-state index contributed by atoms with van der Waals surface area (Å²) in [5.41, 5.74) is 0. The van der Waals surface area contributed by atoms with Crippen LogP contribution in [0.1, 0.15) is 63.2 Å². The molecule has 1 aliphatic rings. The lowest BCUT2D eigenvalue weighted by molar-refractivity contribution is 0.172. The summed E-state index contributed by atoms with van der Waals surface area (Å²) in [4.78, 5) is 1.38. The number of fused-ring (bicyclic) bond motifs is 1. The van der Waals surface area contributed by atoms with Crippen LogP contribution in [0.25, 0.3) is 0 Å². The molecule has 0 atom stereocenters. The number of hydrogen-bond acceptors (Lipinski definition) is 3. The molecule has 2 heterocycles. The van der Waals surface area contributed by atoms with E-state index in [1.807, 2.05) is 0 Å². The van der Waals surface area contributed by atoms with E-state index in [0.717, 1.165) is 17.9 Å². The van der Waals surface area contributed by atoms with Gasteiger partial charge in [0.1, 0.15) is 13.2 Å². The SMILES string of the molecule is CCCCCCCCCCc1scc2c1OCCO2. The smallest absolute Gasteiger partial charge is 0.175 e. The van der Waals surface area contributed by atoms with Gasteiger partial charge in [0, 0.05) is 5.38 Å². The molecule has 2 rings (SSSR count). The topological polar surface area (TPSA) is 18.5 Å². The fourth-order valence-electron chi connectivity index (χ4n) is 2.51. The molecule has 0 N–H and O–H groups in total. The zero-order chi connectivity index (χ0) is 13.3. The third-order valence-electron chi connectivity index (χ3n) is 3.63. The van der Waals surface area contributed by atoms with E-state index < -0.39 is 0 Å². The van der Waals surface area contributed by atoms with Crippen LogP contribution in [0.2, 0.25) is 0 Å². The molecule has 1 aliphatic heterocycles. The Balaban J connectivity index is 1.57. The predicted molar refractivity (Wildman–Crippen MR) is 81.6 cm³/mol. The van der Waals surface area contributed by atoms with E-state index in [1.165, 1.54) is 56.2 Å². The third-order valence-corrected chi connectivity index (χ3v) is 4.64. The summed E-state index contributed by atoms with van der Waals surface area (Å²) in [6.45, 7) is 3.67. The number of hydrogen-bond donors (Lipinski definition) is 0. The largest absolute Gasteiger partial charge is 0.485 e. The van der Waals surface area contributed by atoms with Crippen LogP contribution in [0.5, 0.6) is 11.5 Å². The molecule has 0 saturated heterocycles. The predicted octanol–water partition coefficient (Wildman–Crippen LogP) is 5.20. The van der Waals surface area contributed by atoms with Crippen molar-refractivity contribution >= 4 is 11.3 Å². The molecule has 0 amide bonds. The van der Waals surface area contributed by atoms with Gasteiger partial charge in [-0.15, -0.1) is 11.3 Å². The van der Waals surface area contributed by atoms with Gasteiger partial charge in [-0.05, 0) is 12.8 Å². The molecule has 0 radical (unpaired) electrons. The van der Waals surface area contributed by atoms with E-state index in [2.05, 4.69) is 12.3 Å². The maximum absolute atomic E-state index is 5.70. The van der Waals surface area contributed by atoms with Crippen LogP contribution in [0, 0.1) is 0 Å². The summed E-state index contributed by atoms with van der Waals surface area (Å²) in [5, 5.41) is 2.09. The first kappa shape index (κ1) is 14.7. The number of unbranched alkanes of at least 4 members (excludes halogenated alkanes) is 7. The van der Waals surface area contributed by atoms with Gasteiger partial charge in [0.25, 0.3) is 0 Å². The Morgan fingerprint density at radius 2 is 1.63 bits per heavy atom. The van der Waals surface area contributed by atoms with Crippen molar-refractivity contribution in [3.63, 3.8) is 0 Å². The molecule has 0 spiro atoms. The Bertz CT molecular complexity index is 360. The van der Waals surface area contributed by atoms with E-state index >= 15 is 0 Å². The Morgan fingerprint density at radius 3 is 2.42 bits per heavy atom. The summed E-state index contributed by atoms with van der Waals surface area (Å²) in [7, 11) is 0. The summed E-state index contributed by atoms with van der Waals surface area (Å²) in [5.74, 6) is 1.99. The minimum absolute atomic E-state index is 0.695. The fourth-order valence-corrected chi connectivity index (χ4v) is 3.46. The van der Waals surface area contributed by atoms with E-state index in [-0.39, 0.29) is 0 Å². The van der Waals surface area contributed by atoms with Gasteiger partial charge in [0.2, 0.25) is 0 Å². The van der Waals surface area contributed by atoms with Crippen LogP contribution in [-0.2, 0) is 6.42 Å². The van der Waals surface area contributed by atoms with Crippen LogP contribution in [0.3, 0.4) is 0 Å². The molecular formula is C16H26O2S. The Kier molecular flexibility index (Phi) is 6.55. The van der Waals surface area contributed by atoms with Crippen molar-refractivity contribution in [3.8, 4) is 11.5 Å². The first-order chi connectivity index (χ1) is 9.42. The van der Waals surface area contributed by atoms with Crippen molar-refractivity contribution < 1.29 is 9.47 Å². The number of aryl methyl sites for hydroxylation is 1. The number of rotatable bonds is 9. The molecule has 0 aliphatic carbocycles. The first-order valence-corrected chi connectivity index (χ1v) is 8.65. The van der Waals surface area contributed by atoms with Gasteiger partial charge in [0.05, 0.1) is 4.88 Å². The fraction of sp³-hybridized carbons (Fsp3) is 0.750. The summed E-state index contributed by atoms with van der Waals surface area (Å²) in [6.07, 6.45) is 12.1. The zero-order valence-electron chi connectivity index (χ0n) is 12.1. The number of thiophene rings is 1. The Labute approximate surface area is 121 Å². The van der Waals surface area contributed by atoms with E-state index in [1.54, 1.807) is 11.3 Å². The van der Waals surface area contributed by atoms with Gasteiger partial charge in [-0.3, -0.25) is 0 Å². The monoisotopic (exact) mass is 282 g/mol. The van der Waals surface area contributed by atoms with Crippen molar-refractivity contribution in [1.82, 2.24) is 0 Å². The van der Waals surface area contributed by atoms with Crippen molar-refractivity contribution in [2.24, 2.45) is 0 Å². The molecule has 2 nitrogen and oxygen atoms in total. The number of ether oxygens (including phenoxy) is 2. The average Bonchev–Trinajstić information content (AvgIpc) is 2.85. The second-order valence-corrected chi connectivity index (χ2v) is 6.24. The van der Waals surface area contributed by atoms with Gasteiger partial charge >= 0.3 is 0 Å². The molecule has 108 valence electrons. The minimum atomic E-state index is 0.695. The molecular weight excluding hydrogens is 256 g/mol. The maximum Gasteiger partial charge on any atom is 0.175 e. The molecule has 3 heteroatoms. The molecule has 0 bridgehead atoms. The highest BCUT2D eigenvalue weighted by atomic mass is 32.1. The summed E-state index contributed by atoms with van der Waals surface area (Å²) >= 11 is 1.79. The van der Waals surface area contributed by atoms with E-state index in [9.17, 15) is 0 Å². The van der Waals surface area contributed by atoms with E-state index in [4.69, 9.17) is 9.47 Å². The van der Waals surface area contributed by atoms with Gasteiger partial charge in [-0.25, -0.2) is 0 Å². The minimum Gasteiger partial charge on any atom is -0.485 e. The molecule has 19 heavy (non-hydrogen) atoms. The lowest BCUT2D eigenvalue weighted by Crippen LogP contribution is -2.14. The van der Waals surface area contributed by atoms with Gasteiger partial charge in [0.15, 0.2) is 11.5 Å². The van der Waals surface area contributed by atoms with Crippen LogP contribution in [0.15, 0.2) is 5.38 Å². The lowest BCUT2D eigenvalue weighted by atomic mass is 10.1. The molecule has 1 aromatic rings. The highest BCUT2D eigenvalue weighted by Gasteiger charge is 2.17. The summed E-state index contributed by atoms with van der Waals surface area (Å²) in [6, 6.07) is 0. The van der Waals surface area contributed by atoms with Crippen molar-refractivity contribution in [1.29, 1.82) is 0 Å². The standard InChI is InChI=1S/C16H26O2S/c1-2-3-4-5-6-7-8-9-10-15-16-14(13-19-15)17-11-12-18-16/h13H,2-12H2,1H3. The lowest BCUT2D eigenvalue weighted by Gasteiger charge is -2.16. The third kappa shape index (κ3) is 4.72. The summed E-state index contributed by atoms with van der Waals surface area (Å²) < 4.78 is 11.3. The normalized spacial score (nSPS) is 13.7. The van der Waals surface area contributed by atoms with Crippen molar-refractivity contribution in [2.45, 2.75) is 64.7 Å². The van der Waals surface area contributed by atoms with Gasteiger partial charge in [-0.2, -0.15) is 0 Å². The van der Waals surface area contributed by atoms with Crippen LogP contribution in [-0.4, -0.2) is 13.2 Å². The second-order valence-electron chi connectivity index (χ2n) is 5.27. The van der Waals surface area contributed by atoms with Crippen molar-refractivity contribution in [2.75, 3.05) is 13.2 Å². The maximum atomic E-state index is 5.70. The van der Waals surface area contributed by atoms with Crippen LogP contribution in [0.4, 0.5) is 0 Å². The average molecular weight is 282 g/mol. The molecule has 0 unspecified atom stereocenters. The molecule has 0 saturated carbocycles.